The van der Waals surface area contributed by atoms with E-state index in [1.54, 1.807) is 11.9 Å². The van der Waals surface area contributed by atoms with Crippen molar-refractivity contribution in [3.05, 3.63) is 35.9 Å². The fourth-order valence-electron chi connectivity index (χ4n) is 2.12. The molecule has 1 heterocycles. The minimum atomic E-state index is 0.0388. The lowest BCUT2D eigenvalue weighted by Crippen LogP contribution is -2.27. The Hall–Kier alpha value is -2.10. The molecule has 0 bridgehead atoms. The van der Waals surface area contributed by atoms with Crippen molar-refractivity contribution in [2.45, 2.75) is 13.3 Å². The number of hydrogen-bond donors (Lipinski definition) is 1. The molecule has 0 aliphatic heterocycles. The maximum absolute atomic E-state index is 12.5. The van der Waals surface area contributed by atoms with Gasteiger partial charge in [0.2, 0.25) is 0 Å². The zero-order chi connectivity index (χ0) is 13.8. The Morgan fingerprint density at radius 2 is 2.11 bits per heavy atom. The topological polar surface area (TPSA) is 45.2 Å². The van der Waals surface area contributed by atoms with E-state index in [4.69, 9.17) is 0 Å². The fraction of sp³-hybridized carbons (Fsp3) is 0.333. The molecule has 4 heteroatoms. The summed E-state index contributed by atoms with van der Waals surface area (Å²) in [6, 6.07) is 9.54. The lowest BCUT2D eigenvalue weighted by atomic mass is 10.1. The summed E-state index contributed by atoms with van der Waals surface area (Å²) in [7, 11) is 3.64. The average molecular weight is 257 g/mol. The largest absolute Gasteiger partial charge is 0.373 e. The van der Waals surface area contributed by atoms with E-state index < -0.39 is 0 Å². The van der Waals surface area contributed by atoms with Crippen LogP contribution in [0, 0.1) is 0 Å². The molecular weight excluding hydrogens is 238 g/mol. The van der Waals surface area contributed by atoms with Crippen LogP contribution in [-0.4, -0.2) is 36.4 Å². The molecule has 2 rings (SSSR count). The highest BCUT2D eigenvalue weighted by Gasteiger charge is 2.15. The number of aromatic nitrogens is 1. The van der Waals surface area contributed by atoms with Crippen molar-refractivity contribution < 1.29 is 4.79 Å². The molecule has 0 saturated heterocycles. The number of pyridine rings is 1. The van der Waals surface area contributed by atoms with Gasteiger partial charge in [-0.1, -0.05) is 25.1 Å². The quantitative estimate of drug-likeness (QED) is 0.916. The van der Waals surface area contributed by atoms with Gasteiger partial charge in [-0.05, 0) is 18.6 Å². The zero-order valence-electron chi connectivity index (χ0n) is 11.6. The minimum Gasteiger partial charge on any atom is -0.373 e. The van der Waals surface area contributed by atoms with Gasteiger partial charge >= 0.3 is 0 Å². The maximum Gasteiger partial charge on any atom is 0.254 e. The number of nitrogens with zero attached hydrogens (tertiary/aromatic N) is 2. The van der Waals surface area contributed by atoms with Crippen LogP contribution in [0.4, 0.5) is 5.82 Å². The fourth-order valence-corrected chi connectivity index (χ4v) is 2.12. The molecule has 0 fully saturated rings. The first-order valence-corrected chi connectivity index (χ1v) is 6.50. The van der Waals surface area contributed by atoms with Crippen molar-refractivity contribution in [2.75, 3.05) is 26.0 Å². The first kappa shape index (κ1) is 13.3. The van der Waals surface area contributed by atoms with Crippen LogP contribution in [0.2, 0.25) is 0 Å². The summed E-state index contributed by atoms with van der Waals surface area (Å²) >= 11 is 0. The van der Waals surface area contributed by atoms with E-state index >= 15 is 0 Å². The summed E-state index contributed by atoms with van der Waals surface area (Å²) in [6.45, 7) is 2.82. The van der Waals surface area contributed by atoms with Gasteiger partial charge in [-0.15, -0.1) is 0 Å². The van der Waals surface area contributed by atoms with Gasteiger partial charge in [0, 0.05) is 26.0 Å². The van der Waals surface area contributed by atoms with E-state index in [1.165, 1.54) is 0 Å². The van der Waals surface area contributed by atoms with E-state index in [0.717, 1.165) is 23.9 Å². The van der Waals surface area contributed by atoms with Gasteiger partial charge in [-0.25, -0.2) is 4.98 Å². The van der Waals surface area contributed by atoms with E-state index in [-0.39, 0.29) is 5.91 Å². The van der Waals surface area contributed by atoms with Crippen LogP contribution in [0.25, 0.3) is 10.9 Å². The standard InChI is InChI=1S/C15H19N3O/c1-4-9-18(3)15(19)12-10-14(16-2)17-13-8-6-5-7-11(12)13/h5-8,10H,4,9H2,1-3H3,(H,16,17). The first-order valence-electron chi connectivity index (χ1n) is 6.50. The molecule has 0 spiro atoms. The Labute approximate surface area is 113 Å². The second-order valence-electron chi connectivity index (χ2n) is 4.55. The maximum atomic E-state index is 12.5. The highest BCUT2D eigenvalue weighted by atomic mass is 16.2. The van der Waals surface area contributed by atoms with Crippen molar-refractivity contribution in [1.29, 1.82) is 0 Å². The van der Waals surface area contributed by atoms with Crippen molar-refractivity contribution in [2.24, 2.45) is 0 Å². The molecule has 19 heavy (non-hydrogen) atoms. The third-order valence-corrected chi connectivity index (χ3v) is 3.11. The lowest BCUT2D eigenvalue weighted by Gasteiger charge is -2.17. The van der Waals surface area contributed by atoms with Crippen LogP contribution in [0.3, 0.4) is 0 Å². The second-order valence-corrected chi connectivity index (χ2v) is 4.55. The SMILES string of the molecule is CCCN(C)C(=O)c1cc(NC)nc2ccccc12. The number of nitrogens with one attached hydrogen (secondary N) is 1. The Morgan fingerprint density at radius 1 is 1.37 bits per heavy atom. The number of fused-ring (bicyclic) bond motifs is 1. The number of carbonyl (C=O) groups excluding carboxylic acids is 1. The van der Waals surface area contributed by atoms with Crippen LogP contribution in [0.1, 0.15) is 23.7 Å². The van der Waals surface area contributed by atoms with Crippen molar-refractivity contribution in [3.63, 3.8) is 0 Å². The van der Waals surface area contributed by atoms with Gasteiger partial charge in [0.05, 0.1) is 11.1 Å². The van der Waals surface area contributed by atoms with Crippen LogP contribution >= 0.6 is 0 Å². The van der Waals surface area contributed by atoms with E-state index in [1.807, 2.05) is 37.4 Å². The van der Waals surface area contributed by atoms with E-state index in [9.17, 15) is 4.79 Å². The molecule has 4 nitrogen and oxygen atoms in total. The number of anilines is 1. The van der Waals surface area contributed by atoms with Gasteiger partial charge in [-0.3, -0.25) is 4.79 Å². The van der Waals surface area contributed by atoms with Crippen LogP contribution < -0.4 is 5.32 Å². The molecule has 0 radical (unpaired) electrons. The van der Waals surface area contributed by atoms with E-state index in [0.29, 0.717) is 11.4 Å². The predicted molar refractivity (Wildman–Crippen MR) is 78.5 cm³/mol. The summed E-state index contributed by atoms with van der Waals surface area (Å²) in [5.74, 6) is 0.754. The minimum absolute atomic E-state index is 0.0388. The Balaban J connectivity index is 2.54. The monoisotopic (exact) mass is 257 g/mol. The molecule has 100 valence electrons. The van der Waals surface area contributed by atoms with Crippen molar-refractivity contribution in [1.82, 2.24) is 9.88 Å². The zero-order valence-corrected chi connectivity index (χ0v) is 11.6. The molecule has 1 aromatic carbocycles. The van der Waals surface area contributed by atoms with Crippen molar-refractivity contribution in [3.8, 4) is 0 Å². The van der Waals surface area contributed by atoms with Gasteiger partial charge in [-0.2, -0.15) is 0 Å². The van der Waals surface area contributed by atoms with Crippen LogP contribution in [0.5, 0.6) is 0 Å². The number of amides is 1. The summed E-state index contributed by atoms with van der Waals surface area (Å²) in [6.07, 6.45) is 0.949. The molecule has 0 atom stereocenters. The Kier molecular flexibility index (Phi) is 4.00. The molecule has 1 amide bonds. The van der Waals surface area contributed by atoms with Gasteiger partial charge in [0.15, 0.2) is 0 Å². The molecule has 0 unspecified atom stereocenters. The van der Waals surface area contributed by atoms with Crippen molar-refractivity contribution >= 4 is 22.6 Å². The van der Waals surface area contributed by atoms with Crippen LogP contribution in [0.15, 0.2) is 30.3 Å². The normalized spacial score (nSPS) is 10.5. The molecule has 0 saturated carbocycles. The number of para-hydroxylation sites is 1. The highest BCUT2D eigenvalue weighted by molar-refractivity contribution is 6.06. The molecule has 0 aliphatic rings. The van der Waals surface area contributed by atoms with Crippen LogP contribution in [-0.2, 0) is 0 Å². The molecule has 2 aromatic rings. The number of carbonyl (C=O) groups is 1. The Morgan fingerprint density at radius 3 is 2.79 bits per heavy atom. The van der Waals surface area contributed by atoms with Gasteiger partial charge < -0.3 is 10.2 Å². The summed E-state index contributed by atoms with van der Waals surface area (Å²) < 4.78 is 0. The van der Waals surface area contributed by atoms with Gasteiger partial charge in [0.25, 0.3) is 5.91 Å². The number of benzene rings is 1. The third kappa shape index (κ3) is 2.67. The summed E-state index contributed by atoms with van der Waals surface area (Å²) in [5.41, 5.74) is 1.54. The average Bonchev–Trinajstić information content (AvgIpc) is 2.45. The lowest BCUT2D eigenvalue weighted by molar-refractivity contribution is 0.0797. The first-order chi connectivity index (χ1) is 9.17. The summed E-state index contributed by atoms with van der Waals surface area (Å²) in [5, 5.41) is 3.90. The predicted octanol–water partition coefficient (Wildman–Crippen LogP) is 2.76. The molecule has 1 N–H and O–H groups in total. The van der Waals surface area contributed by atoms with E-state index in [2.05, 4.69) is 17.2 Å². The third-order valence-electron chi connectivity index (χ3n) is 3.11. The molecule has 1 aromatic heterocycles. The Bertz CT molecular complexity index is 595. The van der Waals surface area contributed by atoms with Gasteiger partial charge in [0.1, 0.15) is 5.82 Å². The molecule has 0 aliphatic carbocycles. The number of hydrogen-bond acceptors (Lipinski definition) is 3. The summed E-state index contributed by atoms with van der Waals surface area (Å²) in [4.78, 5) is 18.7. The number of rotatable bonds is 4. The second kappa shape index (κ2) is 5.69. The molecular formula is C15H19N3O. The smallest absolute Gasteiger partial charge is 0.254 e. The highest BCUT2D eigenvalue weighted by Crippen LogP contribution is 2.21.